The normalized spacial score (nSPS) is 31.7. The quantitative estimate of drug-likeness (QED) is 0.564. The fourth-order valence-electron chi connectivity index (χ4n) is 1.57. The molecule has 1 aliphatic rings. The number of hydrogen-bond acceptors (Lipinski definition) is 3. The molecule has 2 atom stereocenters. The molecule has 0 aromatic heterocycles. The highest BCUT2D eigenvalue weighted by molar-refractivity contribution is 5.67. The molecule has 1 aliphatic carbocycles. The molecule has 0 aromatic carbocycles. The van der Waals surface area contributed by atoms with Crippen LogP contribution in [-0.2, 0) is 9.53 Å². The lowest BCUT2D eigenvalue weighted by Crippen LogP contribution is -2.36. The number of ether oxygens (including phenoxy) is 1. The molecule has 64 valence electrons. The van der Waals surface area contributed by atoms with Gasteiger partial charge >= 0.3 is 0 Å². The first-order chi connectivity index (χ1) is 5.24. The molecule has 0 aromatic rings. The molecule has 0 spiro atoms. The van der Waals surface area contributed by atoms with E-state index in [1.807, 2.05) is 0 Å². The number of rotatable bonds is 2. The first kappa shape index (κ1) is 8.53. The summed E-state index contributed by atoms with van der Waals surface area (Å²) >= 11 is 0. The number of carbonyl (C=O) groups is 1. The lowest BCUT2D eigenvalue weighted by Gasteiger charge is -2.28. The van der Waals surface area contributed by atoms with Gasteiger partial charge in [0.25, 0.3) is 0 Å². The average molecular weight is 157 g/mol. The number of carboxylic acids is 1. The zero-order valence-electron chi connectivity index (χ0n) is 6.71. The van der Waals surface area contributed by atoms with Crippen LogP contribution < -0.4 is 5.11 Å². The second kappa shape index (κ2) is 3.72. The highest BCUT2D eigenvalue weighted by Gasteiger charge is 2.21. The van der Waals surface area contributed by atoms with Crippen molar-refractivity contribution in [3.8, 4) is 0 Å². The van der Waals surface area contributed by atoms with Gasteiger partial charge < -0.3 is 14.6 Å². The molecule has 0 amide bonds. The second-order valence-electron chi connectivity index (χ2n) is 3.04. The Bertz CT molecular complexity index is 144. The fourth-order valence-corrected chi connectivity index (χ4v) is 1.57. The Morgan fingerprint density at radius 2 is 2.27 bits per heavy atom. The smallest absolute Gasteiger partial charge is 0.0577 e. The first-order valence-corrected chi connectivity index (χ1v) is 3.97. The van der Waals surface area contributed by atoms with Gasteiger partial charge in [-0.2, -0.15) is 0 Å². The van der Waals surface area contributed by atoms with Gasteiger partial charge in [0.05, 0.1) is 6.10 Å². The Morgan fingerprint density at radius 3 is 2.82 bits per heavy atom. The third-order valence-electron chi connectivity index (χ3n) is 2.29. The minimum atomic E-state index is -0.924. The number of aliphatic carboxylic acids is 1. The maximum atomic E-state index is 10.4. The van der Waals surface area contributed by atoms with E-state index in [1.54, 1.807) is 7.11 Å². The van der Waals surface area contributed by atoms with E-state index in [2.05, 4.69) is 0 Å². The van der Waals surface area contributed by atoms with Crippen molar-refractivity contribution in [3.05, 3.63) is 0 Å². The molecule has 2 unspecified atom stereocenters. The van der Waals surface area contributed by atoms with Gasteiger partial charge in [-0.25, -0.2) is 0 Å². The number of methoxy groups -OCH3 is 1. The molecular weight excluding hydrogens is 144 g/mol. The first-order valence-electron chi connectivity index (χ1n) is 3.97. The molecule has 3 nitrogen and oxygen atoms in total. The van der Waals surface area contributed by atoms with Crippen LogP contribution >= 0.6 is 0 Å². The van der Waals surface area contributed by atoms with Crippen LogP contribution in [0.3, 0.4) is 0 Å². The van der Waals surface area contributed by atoms with Crippen molar-refractivity contribution >= 4 is 5.97 Å². The molecule has 0 bridgehead atoms. The summed E-state index contributed by atoms with van der Waals surface area (Å²) in [5, 5.41) is 10.4. The van der Waals surface area contributed by atoms with Crippen molar-refractivity contribution in [1.29, 1.82) is 0 Å². The minimum absolute atomic E-state index is 0.131. The molecule has 3 heteroatoms. The van der Waals surface area contributed by atoms with Crippen molar-refractivity contribution in [2.24, 2.45) is 5.92 Å². The zero-order valence-corrected chi connectivity index (χ0v) is 6.71. The lowest BCUT2D eigenvalue weighted by molar-refractivity contribution is -0.313. The Balaban J connectivity index is 2.39. The fraction of sp³-hybridized carbons (Fsp3) is 0.875. The Hall–Kier alpha value is -0.570. The molecule has 1 fully saturated rings. The predicted octanol–water partition coefficient (Wildman–Crippen LogP) is -0.0585. The topological polar surface area (TPSA) is 49.4 Å². The van der Waals surface area contributed by atoms with E-state index < -0.39 is 5.97 Å². The summed E-state index contributed by atoms with van der Waals surface area (Å²) in [4.78, 5) is 10.4. The summed E-state index contributed by atoms with van der Waals surface area (Å²) in [7, 11) is 1.63. The van der Waals surface area contributed by atoms with Gasteiger partial charge in [-0.3, -0.25) is 0 Å². The largest absolute Gasteiger partial charge is 0.550 e. The van der Waals surface area contributed by atoms with E-state index in [0.29, 0.717) is 6.42 Å². The predicted molar refractivity (Wildman–Crippen MR) is 37.8 cm³/mol. The third-order valence-corrected chi connectivity index (χ3v) is 2.29. The van der Waals surface area contributed by atoms with Crippen molar-refractivity contribution in [1.82, 2.24) is 0 Å². The highest BCUT2D eigenvalue weighted by atomic mass is 16.5. The van der Waals surface area contributed by atoms with Gasteiger partial charge in [0.1, 0.15) is 0 Å². The molecule has 0 N–H and O–H groups in total. The Morgan fingerprint density at radius 1 is 1.55 bits per heavy atom. The van der Waals surface area contributed by atoms with E-state index in [-0.39, 0.29) is 12.0 Å². The van der Waals surface area contributed by atoms with E-state index >= 15 is 0 Å². The monoisotopic (exact) mass is 157 g/mol. The van der Waals surface area contributed by atoms with Crippen molar-refractivity contribution in [3.63, 3.8) is 0 Å². The summed E-state index contributed by atoms with van der Waals surface area (Å²) in [6, 6.07) is 0. The molecule has 0 aliphatic heterocycles. The van der Waals surface area contributed by atoms with Crippen molar-refractivity contribution < 1.29 is 14.6 Å². The van der Waals surface area contributed by atoms with Crippen molar-refractivity contribution in [2.45, 2.75) is 31.8 Å². The van der Waals surface area contributed by atoms with Crippen LogP contribution in [0.5, 0.6) is 0 Å². The Kier molecular flexibility index (Phi) is 2.88. The van der Waals surface area contributed by atoms with Gasteiger partial charge in [-0.15, -0.1) is 0 Å². The summed E-state index contributed by atoms with van der Waals surface area (Å²) in [6.45, 7) is 0. The zero-order chi connectivity index (χ0) is 8.27. The minimum Gasteiger partial charge on any atom is -0.550 e. The van der Waals surface area contributed by atoms with Crippen LogP contribution in [0.4, 0.5) is 0 Å². The maximum absolute atomic E-state index is 10.4. The average Bonchev–Trinajstić information content (AvgIpc) is 2.05. The summed E-state index contributed by atoms with van der Waals surface area (Å²) in [5.74, 6) is -1.21. The van der Waals surface area contributed by atoms with Crippen LogP contribution in [0, 0.1) is 5.92 Å². The molecule has 1 rings (SSSR count). The van der Waals surface area contributed by atoms with Gasteiger partial charge in [0.15, 0.2) is 0 Å². The van der Waals surface area contributed by atoms with E-state index in [9.17, 15) is 9.90 Å². The van der Waals surface area contributed by atoms with Gasteiger partial charge in [-0.05, 0) is 19.3 Å². The number of carbonyl (C=O) groups excluding carboxylic acids is 1. The highest BCUT2D eigenvalue weighted by Crippen LogP contribution is 2.25. The lowest BCUT2D eigenvalue weighted by atomic mass is 9.87. The van der Waals surface area contributed by atoms with Crippen LogP contribution in [0.1, 0.15) is 25.7 Å². The SMILES string of the molecule is COC1CCCC(C(=O)[O-])C1. The van der Waals surface area contributed by atoms with Crippen LogP contribution in [-0.4, -0.2) is 19.2 Å². The second-order valence-corrected chi connectivity index (χ2v) is 3.04. The standard InChI is InChI=1S/C8H14O3/c1-11-7-4-2-3-6(5-7)8(9)10/h6-7H,2-5H2,1H3,(H,9,10)/p-1. The molecular formula is C8H13O3-. The maximum Gasteiger partial charge on any atom is 0.0577 e. The molecule has 0 radical (unpaired) electrons. The molecule has 0 heterocycles. The van der Waals surface area contributed by atoms with E-state index in [4.69, 9.17) is 4.74 Å². The summed E-state index contributed by atoms with van der Waals surface area (Å²) in [6.07, 6.45) is 3.44. The van der Waals surface area contributed by atoms with Gasteiger partial charge in [0, 0.05) is 19.0 Å². The van der Waals surface area contributed by atoms with E-state index in [1.165, 1.54) is 0 Å². The summed E-state index contributed by atoms with van der Waals surface area (Å²) < 4.78 is 5.08. The van der Waals surface area contributed by atoms with Crippen LogP contribution in [0.2, 0.25) is 0 Å². The van der Waals surface area contributed by atoms with Crippen LogP contribution in [0.15, 0.2) is 0 Å². The molecule has 11 heavy (non-hydrogen) atoms. The van der Waals surface area contributed by atoms with Crippen LogP contribution in [0.25, 0.3) is 0 Å². The Labute approximate surface area is 66.4 Å². The molecule has 1 saturated carbocycles. The number of hydrogen-bond donors (Lipinski definition) is 0. The van der Waals surface area contributed by atoms with Gasteiger partial charge in [-0.1, -0.05) is 6.42 Å². The van der Waals surface area contributed by atoms with E-state index in [0.717, 1.165) is 19.3 Å². The van der Waals surface area contributed by atoms with Gasteiger partial charge in [0.2, 0.25) is 0 Å². The summed E-state index contributed by atoms with van der Waals surface area (Å²) in [5.41, 5.74) is 0. The molecule has 0 saturated heterocycles. The van der Waals surface area contributed by atoms with Crippen molar-refractivity contribution in [2.75, 3.05) is 7.11 Å². The third kappa shape index (κ3) is 2.19. The number of carboxylic acid groups (broad SMARTS) is 1.